The van der Waals surface area contributed by atoms with Gasteiger partial charge in [-0.05, 0) is 33.3 Å². The molecule has 0 aromatic heterocycles. The molecule has 1 aliphatic rings. The third-order valence-corrected chi connectivity index (χ3v) is 3.60. The van der Waals surface area contributed by atoms with Crippen molar-refractivity contribution in [1.82, 2.24) is 10.2 Å². The fraction of sp³-hybridized carbons (Fsp3) is 0.600. The van der Waals surface area contributed by atoms with E-state index < -0.39 is 0 Å². The van der Waals surface area contributed by atoms with Crippen molar-refractivity contribution in [2.45, 2.75) is 45.3 Å². The summed E-state index contributed by atoms with van der Waals surface area (Å²) in [5.74, 6) is 0. The van der Waals surface area contributed by atoms with Gasteiger partial charge in [0.15, 0.2) is 0 Å². The van der Waals surface area contributed by atoms with Gasteiger partial charge >= 0.3 is 0 Å². The summed E-state index contributed by atoms with van der Waals surface area (Å²) in [7, 11) is 0. The lowest BCUT2D eigenvalue weighted by Crippen LogP contribution is -2.59. The minimum Gasteiger partial charge on any atom is -0.309 e. The Morgan fingerprint density at radius 3 is 2.47 bits per heavy atom. The summed E-state index contributed by atoms with van der Waals surface area (Å²) in [6.07, 6.45) is 0. The number of rotatable bonds is 2. The van der Waals surface area contributed by atoms with E-state index in [1.165, 1.54) is 5.56 Å². The molecule has 1 atom stereocenters. The maximum Gasteiger partial charge on any atom is 0.0476 e. The summed E-state index contributed by atoms with van der Waals surface area (Å²) in [6, 6.07) is 11.9. The molecule has 1 aromatic carbocycles. The predicted molar refractivity (Wildman–Crippen MR) is 73.1 cm³/mol. The molecule has 0 spiro atoms. The molecule has 1 N–H and O–H groups in total. The molecule has 0 radical (unpaired) electrons. The van der Waals surface area contributed by atoms with E-state index in [9.17, 15) is 0 Å². The molecule has 0 aliphatic carbocycles. The summed E-state index contributed by atoms with van der Waals surface area (Å²) in [6.45, 7) is 11.3. The number of piperazine rings is 1. The zero-order chi connectivity index (χ0) is 12.5. The van der Waals surface area contributed by atoms with Gasteiger partial charge in [0.25, 0.3) is 0 Å². The van der Waals surface area contributed by atoms with Gasteiger partial charge in [-0.3, -0.25) is 4.90 Å². The molecule has 1 aromatic rings. The van der Waals surface area contributed by atoms with Crippen LogP contribution in [0.3, 0.4) is 0 Å². The minimum absolute atomic E-state index is 0.218. The normalized spacial score (nSPS) is 25.1. The Morgan fingerprint density at radius 2 is 1.88 bits per heavy atom. The molecule has 0 saturated carbocycles. The summed E-state index contributed by atoms with van der Waals surface area (Å²) >= 11 is 0. The molecular weight excluding hydrogens is 208 g/mol. The summed E-state index contributed by atoms with van der Waals surface area (Å²) in [5.41, 5.74) is 1.64. The third kappa shape index (κ3) is 2.88. The third-order valence-electron chi connectivity index (χ3n) is 3.60. The van der Waals surface area contributed by atoms with Crippen LogP contribution in [0.2, 0.25) is 0 Å². The Kier molecular flexibility index (Phi) is 3.55. The van der Waals surface area contributed by atoms with Crippen LogP contribution in [0.1, 0.15) is 39.3 Å². The molecule has 1 aliphatic heterocycles. The lowest BCUT2D eigenvalue weighted by Gasteiger charge is -2.46. The molecule has 0 amide bonds. The smallest absolute Gasteiger partial charge is 0.0476 e. The van der Waals surface area contributed by atoms with Gasteiger partial charge in [-0.2, -0.15) is 0 Å². The van der Waals surface area contributed by atoms with E-state index in [0.29, 0.717) is 12.1 Å². The summed E-state index contributed by atoms with van der Waals surface area (Å²) in [5, 5.41) is 3.65. The highest BCUT2D eigenvalue weighted by Crippen LogP contribution is 2.28. The highest BCUT2D eigenvalue weighted by atomic mass is 15.3. The molecule has 1 unspecified atom stereocenters. The van der Waals surface area contributed by atoms with Crippen molar-refractivity contribution in [3.63, 3.8) is 0 Å². The molecule has 1 saturated heterocycles. The van der Waals surface area contributed by atoms with E-state index >= 15 is 0 Å². The highest BCUT2D eigenvalue weighted by molar-refractivity contribution is 5.21. The Hall–Kier alpha value is -0.860. The molecule has 17 heavy (non-hydrogen) atoms. The number of hydrogen-bond donors (Lipinski definition) is 1. The monoisotopic (exact) mass is 232 g/mol. The van der Waals surface area contributed by atoms with Crippen molar-refractivity contribution >= 4 is 0 Å². The van der Waals surface area contributed by atoms with Crippen LogP contribution in [0.5, 0.6) is 0 Å². The number of nitrogens with zero attached hydrogens (tertiary/aromatic N) is 1. The van der Waals surface area contributed by atoms with Gasteiger partial charge in [0.05, 0.1) is 0 Å². The Morgan fingerprint density at radius 1 is 1.24 bits per heavy atom. The van der Waals surface area contributed by atoms with Crippen molar-refractivity contribution in [3.8, 4) is 0 Å². The maximum atomic E-state index is 3.65. The molecule has 1 fully saturated rings. The van der Waals surface area contributed by atoms with Crippen molar-refractivity contribution in [3.05, 3.63) is 35.9 Å². The van der Waals surface area contributed by atoms with Gasteiger partial charge in [-0.15, -0.1) is 0 Å². The van der Waals surface area contributed by atoms with Crippen molar-refractivity contribution in [2.75, 3.05) is 13.1 Å². The van der Waals surface area contributed by atoms with Crippen molar-refractivity contribution in [2.24, 2.45) is 0 Å². The zero-order valence-corrected chi connectivity index (χ0v) is 11.4. The van der Waals surface area contributed by atoms with Gasteiger partial charge in [0.2, 0.25) is 0 Å². The van der Waals surface area contributed by atoms with Crippen LogP contribution >= 0.6 is 0 Å². The average Bonchev–Trinajstić information content (AvgIpc) is 2.29. The second-order valence-electron chi connectivity index (χ2n) is 5.96. The molecule has 0 bridgehead atoms. The first kappa shape index (κ1) is 12.6. The second-order valence-corrected chi connectivity index (χ2v) is 5.96. The SMILES string of the molecule is CC(C)N1CC(C)(C)NCC1c1ccccc1. The molecule has 2 rings (SSSR count). The molecule has 1 heterocycles. The standard InChI is InChI=1S/C15H24N2/c1-12(2)17-11-15(3,4)16-10-14(17)13-8-6-5-7-9-13/h5-9,12,14,16H,10-11H2,1-4H3. The lowest BCUT2D eigenvalue weighted by molar-refractivity contribution is 0.0666. The molecule has 94 valence electrons. The van der Waals surface area contributed by atoms with Gasteiger partial charge in [0.1, 0.15) is 0 Å². The molecule has 2 heteroatoms. The fourth-order valence-corrected chi connectivity index (χ4v) is 2.64. The van der Waals surface area contributed by atoms with Crippen LogP contribution in [-0.2, 0) is 0 Å². The fourth-order valence-electron chi connectivity index (χ4n) is 2.64. The lowest BCUT2D eigenvalue weighted by atomic mass is 9.93. The van der Waals surface area contributed by atoms with E-state index in [2.05, 4.69) is 68.2 Å². The second kappa shape index (κ2) is 4.79. The summed E-state index contributed by atoms with van der Waals surface area (Å²) < 4.78 is 0. The van der Waals surface area contributed by atoms with Crippen LogP contribution in [0.15, 0.2) is 30.3 Å². The number of benzene rings is 1. The maximum absolute atomic E-state index is 3.65. The zero-order valence-electron chi connectivity index (χ0n) is 11.4. The first-order valence-electron chi connectivity index (χ1n) is 6.55. The van der Waals surface area contributed by atoms with Crippen LogP contribution in [-0.4, -0.2) is 29.6 Å². The largest absolute Gasteiger partial charge is 0.309 e. The van der Waals surface area contributed by atoms with Crippen LogP contribution < -0.4 is 5.32 Å². The first-order valence-corrected chi connectivity index (χ1v) is 6.55. The Labute approximate surface area is 105 Å². The first-order chi connectivity index (χ1) is 7.99. The van der Waals surface area contributed by atoms with E-state index in [1.54, 1.807) is 0 Å². The Bertz CT molecular complexity index is 356. The van der Waals surface area contributed by atoms with Crippen molar-refractivity contribution < 1.29 is 0 Å². The van der Waals surface area contributed by atoms with Gasteiger partial charge < -0.3 is 5.32 Å². The van der Waals surface area contributed by atoms with Crippen LogP contribution in [0.25, 0.3) is 0 Å². The quantitative estimate of drug-likeness (QED) is 0.843. The Balaban J connectivity index is 2.22. The van der Waals surface area contributed by atoms with Crippen molar-refractivity contribution in [1.29, 1.82) is 0 Å². The molecular formula is C15H24N2. The van der Waals surface area contributed by atoms with E-state index in [1.807, 2.05) is 0 Å². The topological polar surface area (TPSA) is 15.3 Å². The van der Waals surface area contributed by atoms with Gasteiger partial charge in [-0.1, -0.05) is 30.3 Å². The number of hydrogen-bond acceptors (Lipinski definition) is 2. The van der Waals surface area contributed by atoms with Crippen LogP contribution in [0.4, 0.5) is 0 Å². The minimum atomic E-state index is 0.218. The summed E-state index contributed by atoms with van der Waals surface area (Å²) in [4.78, 5) is 2.60. The van der Waals surface area contributed by atoms with E-state index in [4.69, 9.17) is 0 Å². The highest BCUT2D eigenvalue weighted by Gasteiger charge is 2.34. The van der Waals surface area contributed by atoms with Gasteiger partial charge in [0, 0.05) is 30.7 Å². The predicted octanol–water partition coefficient (Wildman–Crippen LogP) is 2.82. The van der Waals surface area contributed by atoms with Crippen LogP contribution in [0, 0.1) is 0 Å². The van der Waals surface area contributed by atoms with E-state index in [-0.39, 0.29) is 5.54 Å². The number of nitrogens with one attached hydrogen (secondary N) is 1. The molecule has 2 nitrogen and oxygen atoms in total. The van der Waals surface area contributed by atoms with E-state index in [0.717, 1.165) is 13.1 Å². The average molecular weight is 232 g/mol. The van der Waals surface area contributed by atoms with Gasteiger partial charge in [-0.25, -0.2) is 0 Å².